The zero-order valence-corrected chi connectivity index (χ0v) is 11.8. The average molecular weight is 283 g/mol. The molecule has 2 aromatic rings. The van der Waals surface area contributed by atoms with Crippen LogP contribution >= 0.6 is 0 Å². The molecule has 1 atom stereocenters. The normalized spacial score (nSPS) is 11.7. The third kappa shape index (κ3) is 3.55. The van der Waals surface area contributed by atoms with Gasteiger partial charge in [0.05, 0.1) is 6.61 Å². The van der Waals surface area contributed by atoms with Gasteiger partial charge in [0.1, 0.15) is 6.04 Å². The molecule has 0 amide bonds. The monoisotopic (exact) mass is 283 g/mol. The first kappa shape index (κ1) is 14.9. The Hall–Kier alpha value is -2.46. The summed E-state index contributed by atoms with van der Waals surface area (Å²) in [4.78, 5) is 24.0. The Balaban J connectivity index is 2.26. The maximum Gasteiger partial charge on any atom is 0.327 e. The van der Waals surface area contributed by atoms with Gasteiger partial charge in [-0.1, -0.05) is 48.5 Å². The summed E-state index contributed by atoms with van der Waals surface area (Å²) in [6, 6.07) is 14.8. The van der Waals surface area contributed by atoms with Crippen molar-refractivity contribution < 1.29 is 14.3 Å². The van der Waals surface area contributed by atoms with Crippen LogP contribution in [0.1, 0.15) is 34.5 Å². The summed E-state index contributed by atoms with van der Waals surface area (Å²) in [6.45, 7) is 2.00. The number of benzene rings is 2. The van der Waals surface area contributed by atoms with Crippen molar-refractivity contribution in [3.05, 3.63) is 71.3 Å². The smallest absolute Gasteiger partial charge is 0.327 e. The molecular formula is C17H17NO3. The van der Waals surface area contributed by atoms with Gasteiger partial charge in [-0.05, 0) is 18.6 Å². The molecule has 0 aromatic heterocycles. The summed E-state index contributed by atoms with van der Waals surface area (Å²) in [5, 5.41) is 0. The van der Waals surface area contributed by atoms with Gasteiger partial charge in [-0.25, -0.2) is 4.79 Å². The molecule has 4 heteroatoms. The summed E-state index contributed by atoms with van der Waals surface area (Å²) < 4.78 is 4.89. The Morgan fingerprint density at radius 3 is 2.38 bits per heavy atom. The van der Waals surface area contributed by atoms with Gasteiger partial charge in [0.15, 0.2) is 5.78 Å². The van der Waals surface area contributed by atoms with Crippen molar-refractivity contribution in [1.82, 2.24) is 0 Å². The number of ketones is 1. The highest BCUT2D eigenvalue weighted by molar-refractivity contribution is 6.09. The molecule has 0 aliphatic rings. The molecule has 0 saturated carbocycles. The van der Waals surface area contributed by atoms with Gasteiger partial charge in [-0.2, -0.15) is 0 Å². The van der Waals surface area contributed by atoms with E-state index in [4.69, 9.17) is 10.5 Å². The van der Waals surface area contributed by atoms with Crippen LogP contribution in [0.25, 0.3) is 0 Å². The van der Waals surface area contributed by atoms with Gasteiger partial charge in [0.2, 0.25) is 0 Å². The van der Waals surface area contributed by atoms with Gasteiger partial charge < -0.3 is 10.5 Å². The summed E-state index contributed by atoms with van der Waals surface area (Å²) in [6.07, 6.45) is 0. The third-order valence-electron chi connectivity index (χ3n) is 3.08. The lowest BCUT2D eigenvalue weighted by Gasteiger charge is -2.12. The standard InChI is InChI=1S/C17H17NO3/c1-2-21-17(20)15(18)13-9-6-10-14(11-13)16(19)12-7-4-3-5-8-12/h3-11,15H,2,18H2,1H3. The molecule has 21 heavy (non-hydrogen) atoms. The van der Waals surface area contributed by atoms with Gasteiger partial charge in [-0.15, -0.1) is 0 Å². The maximum absolute atomic E-state index is 12.4. The minimum absolute atomic E-state index is 0.103. The van der Waals surface area contributed by atoms with Crippen LogP contribution in [0.3, 0.4) is 0 Å². The number of ether oxygens (including phenoxy) is 1. The second-order valence-electron chi connectivity index (χ2n) is 4.55. The molecule has 108 valence electrons. The van der Waals surface area contributed by atoms with Crippen molar-refractivity contribution in [2.75, 3.05) is 6.61 Å². The van der Waals surface area contributed by atoms with Crippen molar-refractivity contribution in [3.63, 3.8) is 0 Å². The van der Waals surface area contributed by atoms with E-state index in [2.05, 4.69) is 0 Å². The topological polar surface area (TPSA) is 69.4 Å². The summed E-state index contributed by atoms with van der Waals surface area (Å²) >= 11 is 0. The van der Waals surface area contributed by atoms with Crippen molar-refractivity contribution >= 4 is 11.8 Å². The highest BCUT2D eigenvalue weighted by Gasteiger charge is 2.18. The molecule has 4 nitrogen and oxygen atoms in total. The maximum atomic E-state index is 12.4. The zero-order valence-electron chi connectivity index (χ0n) is 11.8. The van der Waals surface area contributed by atoms with Gasteiger partial charge in [0, 0.05) is 11.1 Å². The molecule has 2 aromatic carbocycles. The van der Waals surface area contributed by atoms with Crippen LogP contribution in [0.15, 0.2) is 54.6 Å². The molecule has 0 saturated heterocycles. The Morgan fingerprint density at radius 2 is 1.71 bits per heavy atom. The van der Waals surface area contributed by atoms with E-state index in [1.54, 1.807) is 55.5 Å². The first-order valence-corrected chi connectivity index (χ1v) is 6.75. The molecule has 0 radical (unpaired) electrons. The van der Waals surface area contributed by atoms with Gasteiger partial charge in [-0.3, -0.25) is 4.79 Å². The van der Waals surface area contributed by atoms with E-state index < -0.39 is 12.0 Å². The Labute approximate surface area is 123 Å². The lowest BCUT2D eigenvalue weighted by Crippen LogP contribution is -2.24. The molecule has 1 unspecified atom stereocenters. The van der Waals surface area contributed by atoms with E-state index in [1.807, 2.05) is 6.07 Å². The number of carbonyl (C=O) groups excluding carboxylic acids is 2. The van der Waals surface area contributed by atoms with Crippen LogP contribution in [-0.2, 0) is 9.53 Å². The molecule has 0 spiro atoms. The number of hydrogen-bond donors (Lipinski definition) is 1. The van der Waals surface area contributed by atoms with Crippen LogP contribution in [0.2, 0.25) is 0 Å². The van der Waals surface area contributed by atoms with Crippen molar-refractivity contribution in [1.29, 1.82) is 0 Å². The Kier molecular flexibility index (Phi) is 4.85. The van der Waals surface area contributed by atoms with Crippen LogP contribution in [-0.4, -0.2) is 18.4 Å². The molecule has 2 rings (SSSR count). The molecule has 0 aliphatic carbocycles. The largest absolute Gasteiger partial charge is 0.465 e. The van der Waals surface area contributed by atoms with E-state index in [-0.39, 0.29) is 12.4 Å². The highest BCUT2D eigenvalue weighted by atomic mass is 16.5. The number of carbonyl (C=O) groups is 2. The molecule has 0 bridgehead atoms. The fourth-order valence-electron chi connectivity index (χ4n) is 2.00. The van der Waals surface area contributed by atoms with Crippen molar-refractivity contribution in [2.45, 2.75) is 13.0 Å². The van der Waals surface area contributed by atoms with E-state index in [9.17, 15) is 9.59 Å². The lowest BCUT2D eigenvalue weighted by molar-refractivity contribution is -0.144. The number of rotatable bonds is 5. The fraction of sp³-hybridized carbons (Fsp3) is 0.176. The molecule has 2 N–H and O–H groups in total. The minimum Gasteiger partial charge on any atom is -0.465 e. The molecule has 0 aliphatic heterocycles. The van der Waals surface area contributed by atoms with Crippen molar-refractivity contribution in [2.24, 2.45) is 5.73 Å². The zero-order chi connectivity index (χ0) is 15.2. The van der Waals surface area contributed by atoms with E-state index >= 15 is 0 Å². The first-order valence-electron chi connectivity index (χ1n) is 6.75. The second kappa shape index (κ2) is 6.81. The first-order chi connectivity index (χ1) is 10.1. The summed E-state index contributed by atoms with van der Waals surface area (Å²) in [7, 11) is 0. The predicted octanol–water partition coefficient (Wildman–Crippen LogP) is 2.48. The van der Waals surface area contributed by atoms with Crippen LogP contribution in [0.5, 0.6) is 0 Å². The SMILES string of the molecule is CCOC(=O)C(N)c1cccc(C(=O)c2ccccc2)c1. The van der Waals surface area contributed by atoms with E-state index in [0.29, 0.717) is 16.7 Å². The summed E-state index contributed by atoms with van der Waals surface area (Å²) in [5.74, 6) is -0.602. The van der Waals surface area contributed by atoms with E-state index in [0.717, 1.165) is 0 Å². The minimum atomic E-state index is -0.881. The quantitative estimate of drug-likeness (QED) is 0.676. The van der Waals surface area contributed by atoms with E-state index in [1.165, 1.54) is 0 Å². The number of hydrogen-bond acceptors (Lipinski definition) is 4. The highest BCUT2D eigenvalue weighted by Crippen LogP contribution is 2.17. The van der Waals surface area contributed by atoms with Crippen LogP contribution in [0, 0.1) is 0 Å². The average Bonchev–Trinajstić information content (AvgIpc) is 2.54. The molecular weight excluding hydrogens is 266 g/mol. The third-order valence-corrected chi connectivity index (χ3v) is 3.08. The van der Waals surface area contributed by atoms with Crippen LogP contribution in [0.4, 0.5) is 0 Å². The number of nitrogens with two attached hydrogens (primary N) is 1. The number of esters is 1. The van der Waals surface area contributed by atoms with Gasteiger partial charge in [0.25, 0.3) is 0 Å². The Morgan fingerprint density at radius 1 is 1.05 bits per heavy atom. The molecule has 0 fully saturated rings. The van der Waals surface area contributed by atoms with Gasteiger partial charge >= 0.3 is 5.97 Å². The Bertz CT molecular complexity index is 637. The predicted molar refractivity (Wildman–Crippen MR) is 79.9 cm³/mol. The fourth-order valence-corrected chi connectivity index (χ4v) is 2.00. The molecule has 0 heterocycles. The lowest BCUT2D eigenvalue weighted by atomic mass is 9.99. The summed E-state index contributed by atoms with van der Waals surface area (Å²) in [5.41, 5.74) is 7.51. The van der Waals surface area contributed by atoms with Crippen molar-refractivity contribution in [3.8, 4) is 0 Å². The van der Waals surface area contributed by atoms with Crippen LogP contribution < -0.4 is 5.73 Å². The second-order valence-corrected chi connectivity index (χ2v) is 4.55.